The number of rotatable bonds is 3. The Kier molecular flexibility index (Phi) is 5.57. The zero-order chi connectivity index (χ0) is 27.1. The van der Waals surface area contributed by atoms with E-state index in [4.69, 9.17) is 4.74 Å². The zero-order valence-corrected chi connectivity index (χ0v) is 24.4. The molecule has 1 fully saturated rings. The van der Waals surface area contributed by atoms with Crippen molar-refractivity contribution in [2.75, 3.05) is 0 Å². The van der Waals surface area contributed by atoms with Gasteiger partial charge in [0.15, 0.2) is 6.20 Å². The third-order valence-electron chi connectivity index (χ3n) is 9.25. The Morgan fingerprint density at radius 3 is 2.44 bits per heavy atom. The van der Waals surface area contributed by atoms with Crippen LogP contribution < -0.4 is 9.30 Å². The summed E-state index contributed by atoms with van der Waals surface area (Å²) in [7, 11) is 2.19. The molecule has 0 saturated heterocycles. The SMILES string of the molecule is Cc1ccc2c(CC(C)(C)C)c3c(c(C)c2c1)-c1c2c(cc4c(CC5CCCC5)cccc4c2cc[n+]1C)O3. The molecule has 5 aromatic rings. The van der Waals surface area contributed by atoms with Crippen molar-refractivity contribution in [3.8, 4) is 22.8 Å². The number of fused-ring (bicyclic) bond motifs is 5. The van der Waals surface area contributed by atoms with Crippen molar-refractivity contribution in [2.24, 2.45) is 18.4 Å². The van der Waals surface area contributed by atoms with Crippen molar-refractivity contribution in [1.29, 1.82) is 0 Å². The second-order valence-corrected chi connectivity index (χ2v) is 13.5. The van der Waals surface area contributed by atoms with Gasteiger partial charge in [-0.15, -0.1) is 0 Å². The number of ether oxygens (including phenoxy) is 1. The lowest BCUT2D eigenvalue weighted by atomic mass is 9.81. The lowest BCUT2D eigenvalue weighted by Gasteiger charge is -2.28. The molecule has 1 aliphatic heterocycles. The molecular weight excluding hydrogens is 474 g/mol. The van der Waals surface area contributed by atoms with Crippen LogP contribution in [0.5, 0.6) is 11.5 Å². The first-order chi connectivity index (χ1) is 18.7. The molecule has 0 bridgehead atoms. The molecule has 2 aliphatic rings. The molecule has 0 N–H and O–H groups in total. The minimum Gasteiger partial charge on any atom is -0.455 e. The van der Waals surface area contributed by atoms with Crippen molar-refractivity contribution in [2.45, 2.75) is 73.1 Å². The van der Waals surface area contributed by atoms with Crippen LogP contribution in [0.2, 0.25) is 0 Å². The Hall–Kier alpha value is -3.39. The van der Waals surface area contributed by atoms with Gasteiger partial charge in [0.1, 0.15) is 18.5 Å². The summed E-state index contributed by atoms with van der Waals surface area (Å²) in [6, 6.07) is 18.5. The summed E-state index contributed by atoms with van der Waals surface area (Å²) in [5, 5.41) is 7.93. The van der Waals surface area contributed by atoms with Crippen LogP contribution in [0, 0.1) is 25.2 Å². The summed E-state index contributed by atoms with van der Waals surface area (Å²) in [5.74, 6) is 2.88. The van der Waals surface area contributed by atoms with E-state index in [-0.39, 0.29) is 5.41 Å². The molecule has 4 aromatic carbocycles. The summed E-state index contributed by atoms with van der Waals surface area (Å²) in [5.41, 5.74) is 8.09. The number of aromatic nitrogens is 1. The van der Waals surface area contributed by atoms with Gasteiger partial charge in [-0.3, -0.25) is 0 Å². The minimum absolute atomic E-state index is 0.135. The molecule has 39 heavy (non-hydrogen) atoms. The topological polar surface area (TPSA) is 13.1 Å². The lowest BCUT2D eigenvalue weighted by molar-refractivity contribution is -0.659. The summed E-state index contributed by atoms with van der Waals surface area (Å²) in [4.78, 5) is 0. The first-order valence-electron chi connectivity index (χ1n) is 14.8. The van der Waals surface area contributed by atoms with Crippen LogP contribution in [0.1, 0.15) is 68.7 Å². The van der Waals surface area contributed by atoms with Gasteiger partial charge in [-0.05, 0) is 76.8 Å². The number of hydrogen-bond donors (Lipinski definition) is 0. The molecule has 1 aliphatic carbocycles. The van der Waals surface area contributed by atoms with E-state index in [1.54, 1.807) is 0 Å². The zero-order valence-electron chi connectivity index (χ0n) is 24.4. The molecule has 0 atom stereocenters. The highest BCUT2D eigenvalue weighted by Crippen LogP contribution is 2.53. The number of benzene rings is 4. The predicted octanol–water partition coefficient (Wildman–Crippen LogP) is 9.68. The summed E-state index contributed by atoms with van der Waals surface area (Å²) >= 11 is 0. The summed E-state index contributed by atoms with van der Waals surface area (Å²) in [6.07, 6.45) is 9.88. The Balaban J connectivity index is 1.57. The van der Waals surface area contributed by atoms with Crippen molar-refractivity contribution in [3.63, 3.8) is 0 Å². The van der Waals surface area contributed by atoms with E-state index in [9.17, 15) is 0 Å². The molecule has 0 radical (unpaired) electrons. The second kappa shape index (κ2) is 8.81. The van der Waals surface area contributed by atoms with Gasteiger partial charge in [0.05, 0.1) is 10.9 Å². The highest BCUT2D eigenvalue weighted by molar-refractivity contribution is 6.16. The van der Waals surface area contributed by atoms with Gasteiger partial charge in [0, 0.05) is 17.0 Å². The Bertz CT molecular complexity index is 1800. The average Bonchev–Trinajstić information content (AvgIpc) is 3.40. The minimum atomic E-state index is 0.135. The monoisotopic (exact) mass is 514 g/mol. The van der Waals surface area contributed by atoms with E-state index in [0.717, 1.165) is 23.8 Å². The van der Waals surface area contributed by atoms with Crippen molar-refractivity contribution >= 4 is 32.3 Å². The predicted molar refractivity (Wildman–Crippen MR) is 164 cm³/mol. The van der Waals surface area contributed by atoms with Gasteiger partial charge in [-0.25, -0.2) is 4.57 Å². The summed E-state index contributed by atoms with van der Waals surface area (Å²) < 4.78 is 9.44. The fourth-order valence-corrected chi connectivity index (χ4v) is 7.45. The largest absolute Gasteiger partial charge is 0.455 e. The third-order valence-corrected chi connectivity index (χ3v) is 9.25. The Labute approximate surface area is 232 Å². The number of nitrogens with zero attached hydrogens (tertiary/aromatic N) is 1. The van der Waals surface area contributed by atoms with Crippen LogP contribution in [0.25, 0.3) is 43.6 Å². The number of hydrogen-bond acceptors (Lipinski definition) is 1. The molecular formula is C37H40NO+. The van der Waals surface area contributed by atoms with Crippen molar-refractivity contribution in [1.82, 2.24) is 0 Å². The number of aryl methyl sites for hydroxylation is 3. The Morgan fingerprint density at radius 1 is 0.872 bits per heavy atom. The van der Waals surface area contributed by atoms with Crippen LogP contribution in [-0.4, -0.2) is 0 Å². The maximum atomic E-state index is 7.12. The quantitative estimate of drug-likeness (QED) is 0.169. The average molecular weight is 515 g/mol. The van der Waals surface area contributed by atoms with Gasteiger partial charge < -0.3 is 4.74 Å². The maximum Gasteiger partial charge on any atom is 0.228 e. The van der Waals surface area contributed by atoms with Gasteiger partial charge in [0.25, 0.3) is 0 Å². The molecule has 2 nitrogen and oxygen atoms in total. The Morgan fingerprint density at radius 2 is 1.67 bits per heavy atom. The third kappa shape index (κ3) is 3.94. The van der Waals surface area contributed by atoms with E-state index < -0.39 is 0 Å². The molecule has 1 aromatic heterocycles. The van der Waals surface area contributed by atoms with Gasteiger partial charge in [0.2, 0.25) is 5.69 Å². The van der Waals surface area contributed by atoms with Crippen LogP contribution in [0.15, 0.2) is 54.7 Å². The number of pyridine rings is 1. The maximum absolute atomic E-state index is 7.12. The standard InChI is InChI=1S/C37H40NO/c1-22-14-15-27-29(18-22)23(2)33-35-34-28(16-17-38(35)6)26-13-9-12-25(19-24-10-7-8-11-24)30(26)20-32(34)39-36(33)31(27)21-37(3,4)5/h9,12-18,20,24H,7-8,10-11,19,21H2,1-6H3/q+1. The van der Waals surface area contributed by atoms with Crippen LogP contribution in [0.4, 0.5) is 0 Å². The van der Waals surface area contributed by atoms with E-state index in [2.05, 4.69) is 101 Å². The molecule has 7 rings (SSSR count). The smallest absolute Gasteiger partial charge is 0.228 e. The fourth-order valence-electron chi connectivity index (χ4n) is 7.45. The van der Waals surface area contributed by atoms with E-state index in [1.807, 2.05) is 0 Å². The van der Waals surface area contributed by atoms with Gasteiger partial charge in [-0.1, -0.05) is 88.4 Å². The summed E-state index contributed by atoms with van der Waals surface area (Å²) in [6.45, 7) is 11.5. The highest BCUT2D eigenvalue weighted by atomic mass is 16.5. The normalized spacial score (nSPS) is 15.3. The van der Waals surface area contributed by atoms with Gasteiger partial charge in [-0.2, -0.15) is 0 Å². The van der Waals surface area contributed by atoms with Crippen LogP contribution >= 0.6 is 0 Å². The fraction of sp³-hybridized carbons (Fsp3) is 0.378. The van der Waals surface area contributed by atoms with E-state index in [1.165, 1.54) is 97.9 Å². The van der Waals surface area contributed by atoms with Crippen molar-refractivity contribution < 1.29 is 9.30 Å². The lowest BCUT2D eigenvalue weighted by Crippen LogP contribution is -2.32. The molecule has 198 valence electrons. The molecule has 2 heteroatoms. The second-order valence-electron chi connectivity index (χ2n) is 13.5. The first kappa shape index (κ1) is 24.6. The van der Waals surface area contributed by atoms with E-state index in [0.29, 0.717) is 0 Å². The first-order valence-corrected chi connectivity index (χ1v) is 14.8. The van der Waals surface area contributed by atoms with Crippen LogP contribution in [0.3, 0.4) is 0 Å². The molecule has 1 saturated carbocycles. The van der Waals surface area contributed by atoms with Crippen LogP contribution in [-0.2, 0) is 19.9 Å². The van der Waals surface area contributed by atoms with Crippen molar-refractivity contribution in [3.05, 3.63) is 77.0 Å². The molecule has 0 unspecified atom stereocenters. The van der Waals surface area contributed by atoms with E-state index >= 15 is 0 Å². The molecule has 0 amide bonds. The highest BCUT2D eigenvalue weighted by Gasteiger charge is 2.34. The molecule has 2 heterocycles. The van der Waals surface area contributed by atoms with Gasteiger partial charge >= 0.3 is 0 Å². The molecule has 0 spiro atoms.